The van der Waals surface area contributed by atoms with Gasteiger partial charge >= 0.3 is 0 Å². The van der Waals surface area contributed by atoms with Crippen LogP contribution in [-0.2, 0) is 4.79 Å². The minimum atomic E-state index is -0.449. The number of aryl methyl sites for hydroxylation is 4. The number of hydrazine groups is 1. The summed E-state index contributed by atoms with van der Waals surface area (Å²) in [6.07, 6.45) is 0. The molecule has 3 rings (SSSR count). The van der Waals surface area contributed by atoms with Gasteiger partial charge in [0.15, 0.2) is 6.61 Å². The fraction of sp³-hybridized carbons (Fsp3) is 0.263. The van der Waals surface area contributed by atoms with Crippen LogP contribution in [-0.4, -0.2) is 28.4 Å². The first-order valence-corrected chi connectivity index (χ1v) is 9.20. The highest BCUT2D eigenvalue weighted by Crippen LogP contribution is 2.30. The summed E-state index contributed by atoms with van der Waals surface area (Å²) in [6, 6.07) is 7.39. The second kappa shape index (κ2) is 7.71. The van der Waals surface area contributed by atoms with Crippen molar-refractivity contribution in [2.45, 2.75) is 27.7 Å². The molecule has 0 saturated heterocycles. The van der Waals surface area contributed by atoms with Crippen LogP contribution < -0.4 is 15.6 Å². The Kier molecular flexibility index (Phi) is 5.36. The molecule has 0 spiro atoms. The monoisotopic (exact) mass is 384 g/mol. The van der Waals surface area contributed by atoms with Crippen molar-refractivity contribution in [1.82, 2.24) is 20.8 Å². The number of amides is 2. The van der Waals surface area contributed by atoms with Crippen LogP contribution in [0.3, 0.4) is 0 Å². The van der Waals surface area contributed by atoms with E-state index in [0.29, 0.717) is 16.5 Å². The number of hydrogen-bond acceptors (Lipinski definition) is 6. The molecule has 0 bridgehead atoms. The molecule has 140 valence electrons. The van der Waals surface area contributed by atoms with Gasteiger partial charge in [-0.3, -0.25) is 20.4 Å². The molecule has 1 aromatic carbocycles. The molecular formula is C19H20N4O3S. The molecule has 2 aromatic heterocycles. The average molecular weight is 384 g/mol. The van der Waals surface area contributed by atoms with Crippen LogP contribution in [0.15, 0.2) is 24.3 Å². The predicted octanol–water partition coefficient (Wildman–Crippen LogP) is 2.76. The van der Waals surface area contributed by atoms with Gasteiger partial charge in [0.2, 0.25) is 0 Å². The minimum Gasteiger partial charge on any atom is -0.484 e. The summed E-state index contributed by atoms with van der Waals surface area (Å²) in [7, 11) is 0. The molecule has 0 fully saturated rings. The Bertz CT molecular complexity index is 1030. The first kappa shape index (κ1) is 18.8. The van der Waals surface area contributed by atoms with Crippen molar-refractivity contribution in [3.05, 3.63) is 51.8 Å². The molecule has 2 N–H and O–H groups in total. The number of rotatable bonds is 4. The van der Waals surface area contributed by atoms with E-state index in [9.17, 15) is 9.59 Å². The number of ether oxygens (including phenoxy) is 1. The molecule has 2 amide bonds. The Morgan fingerprint density at radius 1 is 1.11 bits per heavy atom. The van der Waals surface area contributed by atoms with E-state index in [-0.39, 0.29) is 6.61 Å². The van der Waals surface area contributed by atoms with Crippen molar-refractivity contribution in [1.29, 1.82) is 0 Å². The van der Waals surface area contributed by atoms with Crippen molar-refractivity contribution < 1.29 is 14.3 Å². The van der Waals surface area contributed by atoms with Crippen LogP contribution >= 0.6 is 11.3 Å². The molecule has 0 aliphatic heterocycles. The summed E-state index contributed by atoms with van der Waals surface area (Å²) in [5.41, 5.74) is 7.47. The molecule has 0 aliphatic rings. The molecule has 2 heterocycles. The summed E-state index contributed by atoms with van der Waals surface area (Å²) in [5.74, 6) is 0.419. The molecule has 0 saturated carbocycles. The van der Waals surface area contributed by atoms with Crippen LogP contribution in [0.5, 0.6) is 5.75 Å². The van der Waals surface area contributed by atoms with E-state index in [1.807, 2.05) is 45.9 Å². The highest BCUT2D eigenvalue weighted by molar-refractivity contribution is 7.20. The number of fused-ring (bicyclic) bond motifs is 1. The summed E-state index contributed by atoms with van der Waals surface area (Å²) >= 11 is 1.28. The number of nitrogens with zero attached hydrogens (tertiary/aromatic N) is 2. The Labute approximate surface area is 160 Å². The van der Waals surface area contributed by atoms with Crippen molar-refractivity contribution in [3.8, 4) is 5.75 Å². The zero-order valence-electron chi connectivity index (χ0n) is 15.5. The second-order valence-corrected chi connectivity index (χ2v) is 7.20. The fourth-order valence-electron chi connectivity index (χ4n) is 2.76. The van der Waals surface area contributed by atoms with Gasteiger partial charge in [-0.05, 0) is 51.0 Å². The van der Waals surface area contributed by atoms with Gasteiger partial charge in [-0.15, -0.1) is 11.3 Å². The summed E-state index contributed by atoms with van der Waals surface area (Å²) in [4.78, 5) is 34.4. The molecule has 0 radical (unpaired) electrons. The zero-order valence-corrected chi connectivity index (χ0v) is 16.4. The van der Waals surface area contributed by atoms with Gasteiger partial charge in [-0.25, -0.2) is 9.97 Å². The lowest BCUT2D eigenvalue weighted by Crippen LogP contribution is -2.43. The maximum Gasteiger partial charge on any atom is 0.280 e. The Balaban J connectivity index is 1.62. The molecule has 0 atom stereocenters. The predicted molar refractivity (Wildman–Crippen MR) is 104 cm³/mol. The number of nitrogens with one attached hydrogen (secondary N) is 2. The normalized spacial score (nSPS) is 10.7. The maximum absolute atomic E-state index is 12.5. The Hall–Kier alpha value is -3.00. The summed E-state index contributed by atoms with van der Waals surface area (Å²) in [5, 5.41) is 0.879. The lowest BCUT2D eigenvalue weighted by atomic mass is 10.1. The number of carbonyl (C=O) groups excluding carboxylic acids is 2. The molecule has 27 heavy (non-hydrogen) atoms. The van der Waals surface area contributed by atoms with Crippen molar-refractivity contribution >= 4 is 33.4 Å². The largest absolute Gasteiger partial charge is 0.484 e. The highest BCUT2D eigenvalue weighted by Gasteiger charge is 2.19. The zero-order chi connectivity index (χ0) is 19.6. The van der Waals surface area contributed by atoms with Crippen LogP contribution in [0.1, 0.15) is 32.3 Å². The smallest absolute Gasteiger partial charge is 0.280 e. The topological polar surface area (TPSA) is 93.2 Å². The number of benzene rings is 1. The van der Waals surface area contributed by atoms with Gasteiger partial charge in [0, 0.05) is 11.1 Å². The number of carbonyl (C=O) groups is 2. The van der Waals surface area contributed by atoms with Gasteiger partial charge in [-0.2, -0.15) is 0 Å². The minimum absolute atomic E-state index is 0.196. The first-order chi connectivity index (χ1) is 12.8. The van der Waals surface area contributed by atoms with Gasteiger partial charge in [0.1, 0.15) is 16.4 Å². The van der Waals surface area contributed by atoms with Crippen molar-refractivity contribution in [2.75, 3.05) is 6.61 Å². The van der Waals surface area contributed by atoms with E-state index < -0.39 is 11.8 Å². The second-order valence-electron chi connectivity index (χ2n) is 6.20. The Morgan fingerprint density at radius 3 is 2.63 bits per heavy atom. The fourth-order valence-corrected chi connectivity index (χ4v) is 3.94. The third kappa shape index (κ3) is 4.22. The van der Waals surface area contributed by atoms with E-state index in [2.05, 4.69) is 20.8 Å². The Morgan fingerprint density at radius 2 is 1.89 bits per heavy atom. The van der Waals surface area contributed by atoms with E-state index >= 15 is 0 Å². The van der Waals surface area contributed by atoms with Crippen LogP contribution in [0.2, 0.25) is 0 Å². The van der Waals surface area contributed by atoms with Crippen LogP contribution in [0.4, 0.5) is 0 Å². The van der Waals surface area contributed by atoms with Gasteiger partial charge in [-0.1, -0.05) is 12.1 Å². The number of hydrogen-bond donors (Lipinski definition) is 2. The summed E-state index contributed by atoms with van der Waals surface area (Å²) < 4.78 is 5.41. The van der Waals surface area contributed by atoms with E-state index in [1.54, 1.807) is 6.07 Å². The lowest BCUT2D eigenvalue weighted by molar-refractivity contribution is -0.123. The highest BCUT2D eigenvalue weighted by atomic mass is 32.1. The summed E-state index contributed by atoms with van der Waals surface area (Å²) in [6.45, 7) is 7.30. The SMILES string of the molecule is Cc1cccc(OCC(=O)NNC(=O)c2sc3nc(C)nc(C)c3c2C)c1. The molecule has 8 heteroatoms. The quantitative estimate of drug-likeness (QED) is 0.675. The van der Waals surface area contributed by atoms with Gasteiger partial charge in [0.25, 0.3) is 11.8 Å². The lowest BCUT2D eigenvalue weighted by Gasteiger charge is -2.09. The molecule has 0 unspecified atom stereocenters. The van der Waals surface area contributed by atoms with Crippen molar-refractivity contribution in [2.24, 2.45) is 0 Å². The third-order valence-electron chi connectivity index (χ3n) is 3.96. The first-order valence-electron chi connectivity index (χ1n) is 8.38. The molecule has 3 aromatic rings. The molecule has 7 nitrogen and oxygen atoms in total. The van der Waals surface area contributed by atoms with E-state index in [0.717, 1.165) is 27.0 Å². The number of aromatic nitrogens is 2. The average Bonchev–Trinajstić information content (AvgIpc) is 2.94. The molecule has 0 aliphatic carbocycles. The van der Waals surface area contributed by atoms with Crippen LogP contribution in [0, 0.1) is 27.7 Å². The van der Waals surface area contributed by atoms with Gasteiger partial charge in [0.05, 0.1) is 4.88 Å². The standard InChI is InChI=1S/C19H20N4O3S/c1-10-6-5-7-14(8-10)26-9-15(24)22-23-18(25)17-11(2)16-12(3)20-13(4)21-19(16)27-17/h5-8H,9H2,1-4H3,(H,22,24)(H,23,25). The van der Waals surface area contributed by atoms with Crippen molar-refractivity contribution in [3.63, 3.8) is 0 Å². The maximum atomic E-state index is 12.5. The number of thiophene rings is 1. The van der Waals surface area contributed by atoms with Gasteiger partial charge < -0.3 is 4.74 Å². The van der Waals surface area contributed by atoms with Crippen LogP contribution in [0.25, 0.3) is 10.2 Å². The molecular weight excluding hydrogens is 364 g/mol. The third-order valence-corrected chi connectivity index (χ3v) is 5.15. The van der Waals surface area contributed by atoms with E-state index in [1.165, 1.54) is 11.3 Å². The van der Waals surface area contributed by atoms with E-state index in [4.69, 9.17) is 4.74 Å².